The summed E-state index contributed by atoms with van der Waals surface area (Å²) < 4.78 is 0. The van der Waals surface area contributed by atoms with Crippen LogP contribution in [0, 0.1) is 0 Å². The zero-order valence-corrected chi connectivity index (χ0v) is 16.9. The van der Waals surface area contributed by atoms with Crippen LogP contribution in [-0.2, 0) is 5.41 Å². The number of benzene rings is 2. The first-order chi connectivity index (χ1) is 11.8. The highest BCUT2D eigenvalue weighted by Gasteiger charge is 2.32. The molecule has 0 saturated carbocycles. The van der Waals surface area contributed by atoms with E-state index in [4.69, 9.17) is 23.2 Å². The number of halogens is 2. The van der Waals surface area contributed by atoms with Crippen molar-refractivity contribution in [3.05, 3.63) is 69.2 Å². The Hall–Kier alpha value is -1.16. The van der Waals surface area contributed by atoms with Crippen molar-refractivity contribution < 1.29 is 4.79 Å². The summed E-state index contributed by atoms with van der Waals surface area (Å²) in [6.07, 6.45) is 0. The highest BCUT2D eigenvalue weighted by molar-refractivity contribution is 7.99. The van der Waals surface area contributed by atoms with Crippen LogP contribution in [-0.4, -0.2) is 23.1 Å². The molecule has 1 heterocycles. The van der Waals surface area contributed by atoms with E-state index in [2.05, 4.69) is 20.8 Å². The molecule has 1 aliphatic heterocycles. The molecule has 2 aromatic rings. The highest BCUT2D eigenvalue weighted by Crippen LogP contribution is 2.42. The predicted molar refractivity (Wildman–Crippen MR) is 108 cm³/mol. The van der Waals surface area contributed by atoms with Crippen LogP contribution in [0.15, 0.2) is 42.5 Å². The molecule has 1 unspecified atom stereocenters. The number of nitrogens with zero attached hydrogens (tertiary/aromatic N) is 1. The number of hydrogen-bond donors (Lipinski definition) is 0. The van der Waals surface area contributed by atoms with Gasteiger partial charge in [0.1, 0.15) is 5.37 Å². The van der Waals surface area contributed by atoms with Crippen LogP contribution in [0.5, 0.6) is 0 Å². The van der Waals surface area contributed by atoms with Crippen molar-refractivity contribution in [2.45, 2.75) is 31.6 Å². The summed E-state index contributed by atoms with van der Waals surface area (Å²) in [5.41, 5.74) is 2.95. The first-order valence-electron chi connectivity index (χ1n) is 8.25. The van der Waals surface area contributed by atoms with Crippen molar-refractivity contribution >= 4 is 40.9 Å². The van der Waals surface area contributed by atoms with E-state index in [1.807, 2.05) is 41.3 Å². The molecule has 1 fully saturated rings. The fraction of sp³-hybridized carbons (Fsp3) is 0.350. The average molecular weight is 394 g/mol. The van der Waals surface area contributed by atoms with Crippen LogP contribution >= 0.6 is 35.0 Å². The predicted octanol–water partition coefficient (Wildman–Crippen LogP) is 6.18. The van der Waals surface area contributed by atoms with Gasteiger partial charge >= 0.3 is 0 Å². The fourth-order valence-electron chi connectivity index (χ4n) is 2.92. The molecule has 132 valence electrons. The molecule has 25 heavy (non-hydrogen) atoms. The Balaban J connectivity index is 1.86. The van der Waals surface area contributed by atoms with E-state index >= 15 is 0 Å². The van der Waals surface area contributed by atoms with Crippen LogP contribution in [0.2, 0.25) is 10.0 Å². The lowest BCUT2D eigenvalue weighted by molar-refractivity contribution is 0.0760. The molecule has 0 aromatic heterocycles. The van der Waals surface area contributed by atoms with Crippen molar-refractivity contribution in [2.24, 2.45) is 0 Å². The van der Waals surface area contributed by atoms with Crippen LogP contribution < -0.4 is 0 Å². The maximum Gasteiger partial charge on any atom is 0.255 e. The Bertz CT molecular complexity index is 783. The molecule has 0 spiro atoms. The van der Waals surface area contributed by atoms with Crippen molar-refractivity contribution in [1.29, 1.82) is 0 Å². The minimum atomic E-state index is -0.0699. The second-order valence-corrected chi connectivity index (χ2v) is 9.25. The van der Waals surface area contributed by atoms with Gasteiger partial charge < -0.3 is 4.90 Å². The number of hydrogen-bond acceptors (Lipinski definition) is 2. The van der Waals surface area contributed by atoms with E-state index in [0.717, 1.165) is 11.3 Å². The molecule has 0 bridgehead atoms. The summed E-state index contributed by atoms with van der Waals surface area (Å²) in [6.45, 7) is 7.21. The van der Waals surface area contributed by atoms with Crippen molar-refractivity contribution in [2.75, 3.05) is 12.3 Å². The molecule has 0 N–H and O–H groups in total. The first kappa shape index (κ1) is 18.6. The van der Waals surface area contributed by atoms with Gasteiger partial charge in [0.2, 0.25) is 0 Å². The zero-order valence-electron chi connectivity index (χ0n) is 14.6. The van der Waals surface area contributed by atoms with Crippen LogP contribution in [0.4, 0.5) is 0 Å². The number of thioether (sulfide) groups is 1. The zero-order chi connectivity index (χ0) is 18.2. The summed E-state index contributed by atoms with van der Waals surface area (Å²) in [5.74, 6) is 0.941. The summed E-state index contributed by atoms with van der Waals surface area (Å²) in [6, 6.07) is 13.4. The number of carbonyl (C=O) groups excluding carboxylic acids is 1. The van der Waals surface area contributed by atoms with E-state index in [1.54, 1.807) is 17.8 Å². The van der Waals surface area contributed by atoms with E-state index in [0.29, 0.717) is 22.2 Å². The topological polar surface area (TPSA) is 20.3 Å². The average Bonchev–Trinajstić information content (AvgIpc) is 3.03. The highest BCUT2D eigenvalue weighted by atomic mass is 35.5. The molecule has 5 heteroatoms. The maximum atomic E-state index is 13.0. The van der Waals surface area contributed by atoms with E-state index in [9.17, 15) is 4.79 Å². The van der Waals surface area contributed by atoms with Gasteiger partial charge in [-0.1, -0.05) is 62.2 Å². The van der Waals surface area contributed by atoms with E-state index in [-0.39, 0.29) is 16.7 Å². The largest absolute Gasteiger partial charge is 0.322 e. The maximum absolute atomic E-state index is 13.0. The van der Waals surface area contributed by atoms with Gasteiger partial charge in [-0.2, -0.15) is 0 Å². The third kappa shape index (κ3) is 3.99. The SMILES string of the molecule is CC(C)(C)c1ccc(C(=O)N2CCSC2c2ccc(Cl)cc2Cl)cc1. The van der Waals surface area contributed by atoms with Crippen molar-refractivity contribution in [3.63, 3.8) is 0 Å². The standard InChI is InChI=1S/C20H21Cl2NOS/c1-20(2,3)14-6-4-13(5-7-14)18(24)23-10-11-25-19(23)16-9-8-15(21)12-17(16)22/h4-9,12,19H,10-11H2,1-3H3. The second kappa shape index (κ2) is 7.22. The summed E-state index contributed by atoms with van der Waals surface area (Å²) in [7, 11) is 0. The Labute approximate surface area is 163 Å². The Morgan fingerprint density at radius 1 is 1.12 bits per heavy atom. The second-order valence-electron chi connectivity index (χ2n) is 7.21. The smallest absolute Gasteiger partial charge is 0.255 e. The summed E-state index contributed by atoms with van der Waals surface area (Å²) in [5, 5.41) is 1.14. The Morgan fingerprint density at radius 3 is 2.40 bits per heavy atom. The summed E-state index contributed by atoms with van der Waals surface area (Å²) in [4.78, 5) is 14.9. The first-order valence-corrected chi connectivity index (χ1v) is 10.1. The molecule has 2 aromatic carbocycles. The molecule has 1 amide bonds. The molecule has 1 aliphatic rings. The summed E-state index contributed by atoms with van der Waals surface area (Å²) >= 11 is 14.1. The van der Waals surface area contributed by atoms with E-state index < -0.39 is 0 Å². The van der Waals surface area contributed by atoms with Crippen molar-refractivity contribution in [1.82, 2.24) is 4.90 Å². The minimum absolute atomic E-state index is 0.0430. The monoisotopic (exact) mass is 393 g/mol. The van der Waals surface area contributed by atoms with Crippen LogP contribution in [0.3, 0.4) is 0 Å². The molecule has 0 radical (unpaired) electrons. The van der Waals surface area contributed by atoms with Gasteiger partial charge in [-0.25, -0.2) is 0 Å². The molecular weight excluding hydrogens is 373 g/mol. The lowest BCUT2D eigenvalue weighted by atomic mass is 9.86. The third-order valence-corrected chi connectivity index (χ3v) is 6.18. The third-order valence-electron chi connectivity index (χ3n) is 4.38. The quantitative estimate of drug-likeness (QED) is 0.606. The molecule has 2 nitrogen and oxygen atoms in total. The fourth-order valence-corrected chi connectivity index (χ4v) is 4.78. The molecule has 0 aliphatic carbocycles. The lowest BCUT2D eigenvalue weighted by Gasteiger charge is -2.25. The lowest BCUT2D eigenvalue weighted by Crippen LogP contribution is -2.30. The molecular formula is C20H21Cl2NOS. The van der Waals surface area contributed by atoms with Crippen LogP contribution in [0.1, 0.15) is 47.6 Å². The van der Waals surface area contributed by atoms with Gasteiger partial charge in [0.25, 0.3) is 5.91 Å². The van der Waals surface area contributed by atoms with Gasteiger partial charge in [0.15, 0.2) is 0 Å². The van der Waals surface area contributed by atoms with Crippen LogP contribution in [0.25, 0.3) is 0 Å². The molecule has 3 rings (SSSR count). The Kier molecular flexibility index (Phi) is 5.38. The van der Waals surface area contributed by atoms with Gasteiger partial charge in [0, 0.05) is 33.5 Å². The number of carbonyl (C=O) groups is 1. The minimum Gasteiger partial charge on any atom is -0.322 e. The molecule has 1 saturated heterocycles. The van der Waals surface area contributed by atoms with Crippen molar-refractivity contribution in [3.8, 4) is 0 Å². The van der Waals surface area contributed by atoms with E-state index in [1.165, 1.54) is 5.56 Å². The van der Waals surface area contributed by atoms with Gasteiger partial charge in [0.05, 0.1) is 0 Å². The van der Waals surface area contributed by atoms with Gasteiger partial charge in [-0.05, 0) is 35.2 Å². The normalized spacial score (nSPS) is 17.8. The Morgan fingerprint density at radius 2 is 1.80 bits per heavy atom. The number of rotatable bonds is 2. The number of amides is 1. The van der Waals surface area contributed by atoms with Gasteiger partial charge in [-0.15, -0.1) is 11.8 Å². The molecule has 1 atom stereocenters. The van der Waals surface area contributed by atoms with Gasteiger partial charge in [-0.3, -0.25) is 4.79 Å².